The molecule has 1 unspecified atom stereocenters. The minimum absolute atomic E-state index is 0.215. The van der Waals surface area contributed by atoms with Crippen LogP contribution < -0.4 is 10.6 Å². The summed E-state index contributed by atoms with van der Waals surface area (Å²) < 4.78 is 0. The van der Waals surface area contributed by atoms with Crippen LogP contribution in [0.4, 0.5) is 5.69 Å². The molecule has 156 valence electrons. The van der Waals surface area contributed by atoms with Crippen LogP contribution >= 0.6 is 34.8 Å². The quantitative estimate of drug-likeness (QED) is 0.433. The van der Waals surface area contributed by atoms with Crippen molar-refractivity contribution in [1.82, 2.24) is 0 Å². The molecule has 4 rings (SSSR count). The van der Waals surface area contributed by atoms with Gasteiger partial charge in [0, 0.05) is 33.8 Å². The average Bonchev–Trinajstić information content (AvgIpc) is 2.75. The van der Waals surface area contributed by atoms with Crippen LogP contribution in [0.5, 0.6) is 0 Å². The summed E-state index contributed by atoms with van der Waals surface area (Å²) in [7, 11) is 0. The lowest BCUT2D eigenvalue weighted by Gasteiger charge is -2.42. The van der Waals surface area contributed by atoms with Gasteiger partial charge in [0.2, 0.25) is 0 Å². The van der Waals surface area contributed by atoms with Crippen LogP contribution in [0.3, 0.4) is 0 Å². The molecule has 1 aliphatic rings. The van der Waals surface area contributed by atoms with E-state index in [2.05, 4.69) is 47.4 Å². The number of piperidine rings is 1. The molecule has 0 aliphatic carbocycles. The lowest BCUT2D eigenvalue weighted by molar-refractivity contribution is 0.358. The number of anilines is 1. The maximum absolute atomic E-state index is 6.59. The maximum Gasteiger partial charge on any atom is 0.0557 e. The van der Waals surface area contributed by atoms with E-state index < -0.39 is 0 Å². The van der Waals surface area contributed by atoms with Gasteiger partial charge in [-0.25, -0.2) is 0 Å². The van der Waals surface area contributed by atoms with Crippen molar-refractivity contribution in [2.45, 2.75) is 31.8 Å². The molecule has 2 N–H and O–H groups in total. The van der Waals surface area contributed by atoms with Crippen LogP contribution in [-0.2, 0) is 13.0 Å². The van der Waals surface area contributed by atoms with Gasteiger partial charge in [-0.2, -0.15) is 0 Å². The fraction of sp³-hybridized carbons (Fsp3) is 0.280. The summed E-state index contributed by atoms with van der Waals surface area (Å²) >= 11 is 18.9. The number of hydrogen-bond donors (Lipinski definition) is 1. The molecule has 0 spiro atoms. The van der Waals surface area contributed by atoms with Crippen LogP contribution in [0.25, 0.3) is 0 Å². The SMILES string of the molecule is NCc1ccc(C[C@H]2CCC(c3ccc(Cl)cc3Cl)N(c3ccc(Cl)cc3)C2)cc1. The van der Waals surface area contributed by atoms with Gasteiger partial charge >= 0.3 is 0 Å². The molecule has 0 saturated carbocycles. The number of nitrogens with two attached hydrogens (primary N) is 1. The van der Waals surface area contributed by atoms with Gasteiger partial charge in [0.1, 0.15) is 0 Å². The molecule has 1 aliphatic heterocycles. The van der Waals surface area contributed by atoms with Crippen LogP contribution in [-0.4, -0.2) is 6.54 Å². The molecule has 5 heteroatoms. The standard InChI is InChI=1S/C25H25Cl3N2/c26-20-6-9-22(10-7-20)30-16-19(13-17-1-3-18(15-29)4-2-17)5-12-25(30)23-11-8-21(27)14-24(23)28/h1-4,6-11,14,19,25H,5,12-13,15-16,29H2/t19-,25?/m1/s1. The number of hydrogen-bond acceptors (Lipinski definition) is 2. The molecule has 0 amide bonds. The third-order valence-electron chi connectivity index (χ3n) is 5.94. The van der Waals surface area contributed by atoms with Crippen LogP contribution in [0, 0.1) is 5.92 Å². The Morgan fingerprint density at radius 3 is 2.13 bits per heavy atom. The first kappa shape index (κ1) is 21.5. The zero-order chi connectivity index (χ0) is 21.1. The molecule has 1 saturated heterocycles. The summed E-state index contributed by atoms with van der Waals surface area (Å²) in [5, 5.41) is 2.13. The van der Waals surface area contributed by atoms with Gasteiger partial charge in [0.15, 0.2) is 0 Å². The maximum atomic E-state index is 6.59. The van der Waals surface area contributed by atoms with Crippen LogP contribution in [0.2, 0.25) is 15.1 Å². The predicted octanol–water partition coefficient (Wildman–Crippen LogP) is 7.31. The predicted molar refractivity (Wildman–Crippen MR) is 129 cm³/mol. The van der Waals surface area contributed by atoms with E-state index in [4.69, 9.17) is 40.5 Å². The van der Waals surface area contributed by atoms with Crippen molar-refractivity contribution in [3.8, 4) is 0 Å². The van der Waals surface area contributed by atoms with Crippen LogP contribution in [0.1, 0.15) is 35.6 Å². The van der Waals surface area contributed by atoms with Gasteiger partial charge in [-0.05, 0) is 78.3 Å². The highest BCUT2D eigenvalue weighted by Gasteiger charge is 2.31. The molecule has 0 aromatic heterocycles. The summed E-state index contributed by atoms with van der Waals surface area (Å²) in [5.74, 6) is 0.562. The van der Waals surface area contributed by atoms with Gasteiger partial charge < -0.3 is 10.6 Å². The van der Waals surface area contributed by atoms with Crippen molar-refractivity contribution >= 4 is 40.5 Å². The summed E-state index contributed by atoms with van der Waals surface area (Å²) in [6, 6.07) is 22.8. The third kappa shape index (κ3) is 4.95. The fourth-order valence-electron chi connectivity index (χ4n) is 4.37. The first-order chi connectivity index (χ1) is 14.5. The van der Waals surface area contributed by atoms with E-state index in [-0.39, 0.29) is 6.04 Å². The Balaban J connectivity index is 1.59. The second-order valence-corrected chi connectivity index (χ2v) is 9.26. The Labute approximate surface area is 193 Å². The molecule has 30 heavy (non-hydrogen) atoms. The minimum atomic E-state index is 0.215. The van der Waals surface area contributed by atoms with Gasteiger partial charge in [0.05, 0.1) is 6.04 Å². The lowest BCUT2D eigenvalue weighted by atomic mass is 9.85. The molecule has 0 radical (unpaired) electrons. The highest BCUT2D eigenvalue weighted by Crippen LogP contribution is 2.41. The Kier molecular flexibility index (Phi) is 6.90. The summed E-state index contributed by atoms with van der Waals surface area (Å²) in [5.41, 5.74) is 10.6. The molecule has 0 bridgehead atoms. The second-order valence-electron chi connectivity index (χ2n) is 7.98. The van der Waals surface area contributed by atoms with Gasteiger partial charge in [-0.15, -0.1) is 0 Å². The van der Waals surface area contributed by atoms with Crippen molar-refractivity contribution in [2.75, 3.05) is 11.4 Å². The van der Waals surface area contributed by atoms with E-state index in [1.807, 2.05) is 24.3 Å². The van der Waals surface area contributed by atoms with Crippen molar-refractivity contribution in [2.24, 2.45) is 11.7 Å². The Hall–Kier alpha value is -1.71. The van der Waals surface area contributed by atoms with Crippen molar-refractivity contribution in [3.63, 3.8) is 0 Å². The monoisotopic (exact) mass is 458 g/mol. The van der Waals surface area contributed by atoms with Gasteiger partial charge in [-0.1, -0.05) is 65.1 Å². The lowest BCUT2D eigenvalue weighted by Crippen LogP contribution is -2.39. The Bertz CT molecular complexity index is 986. The van der Waals surface area contributed by atoms with Crippen molar-refractivity contribution < 1.29 is 0 Å². The zero-order valence-corrected chi connectivity index (χ0v) is 19.0. The van der Waals surface area contributed by atoms with E-state index in [9.17, 15) is 0 Å². The van der Waals surface area contributed by atoms with Crippen LogP contribution in [0.15, 0.2) is 66.7 Å². The molecule has 2 nitrogen and oxygen atoms in total. The number of rotatable bonds is 5. The fourth-order valence-corrected chi connectivity index (χ4v) is 5.03. The van der Waals surface area contributed by atoms with E-state index in [1.54, 1.807) is 0 Å². The third-order valence-corrected chi connectivity index (χ3v) is 6.76. The Morgan fingerprint density at radius 2 is 1.47 bits per heavy atom. The first-order valence-electron chi connectivity index (χ1n) is 10.3. The first-order valence-corrected chi connectivity index (χ1v) is 11.4. The van der Waals surface area contributed by atoms with E-state index in [0.29, 0.717) is 17.5 Å². The Morgan fingerprint density at radius 1 is 0.800 bits per heavy atom. The van der Waals surface area contributed by atoms with Gasteiger partial charge in [0.25, 0.3) is 0 Å². The summed E-state index contributed by atoms with van der Waals surface area (Å²) in [6.45, 7) is 1.54. The molecular formula is C25H25Cl3N2. The smallest absolute Gasteiger partial charge is 0.0557 e. The highest BCUT2D eigenvalue weighted by molar-refractivity contribution is 6.35. The second kappa shape index (κ2) is 9.62. The van der Waals surface area contributed by atoms with Crippen molar-refractivity contribution in [1.29, 1.82) is 0 Å². The molecule has 3 aromatic rings. The molecular weight excluding hydrogens is 435 g/mol. The number of halogens is 3. The van der Waals surface area contributed by atoms with E-state index >= 15 is 0 Å². The molecule has 2 atom stereocenters. The van der Waals surface area contributed by atoms with E-state index in [1.165, 1.54) is 16.8 Å². The minimum Gasteiger partial charge on any atom is -0.364 e. The highest BCUT2D eigenvalue weighted by atomic mass is 35.5. The number of benzene rings is 3. The van der Waals surface area contributed by atoms with Gasteiger partial charge in [-0.3, -0.25) is 0 Å². The largest absolute Gasteiger partial charge is 0.364 e. The van der Waals surface area contributed by atoms with Crippen molar-refractivity contribution in [3.05, 3.63) is 98.5 Å². The summed E-state index contributed by atoms with van der Waals surface area (Å²) in [6.07, 6.45) is 3.23. The molecule has 1 fully saturated rings. The molecule has 1 heterocycles. The van der Waals surface area contributed by atoms with E-state index in [0.717, 1.165) is 41.4 Å². The summed E-state index contributed by atoms with van der Waals surface area (Å²) in [4.78, 5) is 2.47. The zero-order valence-electron chi connectivity index (χ0n) is 16.7. The topological polar surface area (TPSA) is 29.3 Å². The number of nitrogens with zero attached hydrogens (tertiary/aromatic N) is 1. The normalized spacial score (nSPS) is 19.1. The molecule has 3 aromatic carbocycles. The average molecular weight is 460 g/mol.